The SMILES string of the molecule is Cc1cc(C)c(C(=O)Cc2ccccc2C)cc1C. The molecule has 0 unspecified atom stereocenters. The molecule has 0 N–H and O–H groups in total. The van der Waals surface area contributed by atoms with Crippen molar-refractivity contribution in [2.45, 2.75) is 34.1 Å². The Balaban J connectivity index is 2.31. The van der Waals surface area contributed by atoms with Crippen molar-refractivity contribution in [3.8, 4) is 0 Å². The lowest BCUT2D eigenvalue weighted by atomic mass is 9.94. The van der Waals surface area contributed by atoms with Gasteiger partial charge in [-0.25, -0.2) is 0 Å². The molecule has 0 aliphatic heterocycles. The van der Waals surface area contributed by atoms with Gasteiger partial charge in [-0.3, -0.25) is 4.79 Å². The summed E-state index contributed by atoms with van der Waals surface area (Å²) in [5.41, 5.74) is 6.64. The molecule has 0 amide bonds. The van der Waals surface area contributed by atoms with E-state index >= 15 is 0 Å². The predicted molar refractivity (Wildman–Crippen MR) is 79.9 cm³/mol. The van der Waals surface area contributed by atoms with Gasteiger partial charge in [-0.1, -0.05) is 30.3 Å². The molecule has 0 aromatic heterocycles. The number of hydrogen-bond donors (Lipinski definition) is 0. The molecule has 1 nitrogen and oxygen atoms in total. The van der Waals surface area contributed by atoms with E-state index in [1.165, 1.54) is 16.7 Å². The van der Waals surface area contributed by atoms with E-state index in [9.17, 15) is 4.79 Å². The van der Waals surface area contributed by atoms with E-state index in [2.05, 4.69) is 32.9 Å². The summed E-state index contributed by atoms with van der Waals surface area (Å²) in [6.45, 7) is 8.20. The first-order valence-electron chi connectivity index (χ1n) is 6.64. The maximum absolute atomic E-state index is 12.5. The molecule has 0 saturated carbocycles. The quantitative estimate of drug-likeness (QED) is 0.742. The van der Waals surface area contributed by atoms with Crippen molar-refractivity contribution in [1.29, 1.82) is 0 Å². The van der Waals surface area contributed by atoms with Crippen molar-refractivity contribution in [3.63, 3.8) is 0 Å². The number of benzene rings is 2. The Labute approximate surface area is 115 Å². The topological polar surface area (TPSA) is 17.1 Å². The monoisotopic (exact) mass is 252 g/mol. The van der Waals surface area contributed by atoms with Crippen LogP contribution in [0.2, 0.25) is 0 Å². The summed E-state index contributed by atoms with van der Waals surface area (Å²) in [5.74, 6) is 0.204. The Bertz CT molecular complexity index is 624. The van der Waals surface area contributed by atoms with Crippen LogP contribution in [0.3, 0.4) is 0 Å². The number of ketones is 1. The number of carbonyl (C=O) groups excluding carboxylic acids is 1. The summed E-state index contributed by atoms with van der Waals surface area (Å²) in [6, 6.07) is 12.2. The molecule has 0 atom stereocenters. The van der Waals surface area contributed by atoms with Crippen LogP contribution < -0.4 is 0 Å². The van der Waals surface area contributed by atoms with Crippen LogP contribution in [0.4, 0.5) is 0 Å². The minimum absolute atomic E-state index is 0.204. The Hall–Kier alpha value is -1.89. The molecule has 0 aliphatic rings. The van der Waals surface area contributed by atoms with E-state index in [-0.39, 0.29) is 5.78 Å². The van der Waals surface area contributed by atoms with Crippen LogP contribution in [0.25, 0.3) is 0 Å². The lowest BCUT2D eigenvalue weighted by molar-refractivity contribution is 0.0992. The molecular weight excluding hydrogens is 232 g/mol. The van der Waals surface area contributed by atoms with Crippen LogP contribution in [0.15, 0.2) is 36.4 Å². The fraction of sp³-hybridized carbons (Fsp3) is 0.278. The highest BCUT2D eigenvalue weighted by Gasteiger charge is 2.12. The second-order valence-corrected chi connectivity index (χ2v) is 5.28. The second-order valence-electron chi connectivity index (χ2n) is 5.28. The summed E-state index contributed by atoms with van der Waals surface area (Å²) >= 11 is 0. The Morgan fingerprint density at radius 3 is 2.16 bits per heavy atom. The molecule has 2 rings (SSSR count). The molecule has 0 fully saturated rings. The molecule has 98 valence electrons. The van der Waals surface area contributed by atoms with Gasteiger partial charge in [0.05, 0.1) is 0 Å². The summed E-state index contributed by atoms with van der Waals surface area (Å²) < 4.78 is 0. The zero-order valence-electron chi connectivity index (χ0n) is 12.1. The molecule has 0 saturated heterocycles. The van der Waals surface area contributed by atoms with Gasteiger partial charge in [0, 0.05) is 12.0 Å². The number of carbonyl (C=O) groups is 1. The number of rotatable bonds is 3. The number of Topliss-reactive ketones (excluding diaryl/α,β-unsaturated/α-hetero) is 1. The van der Waals surface area contributed by atoms with Gasteiger partial charge in [-0.15, -0.1) is 0 Å². The zero-order valence-corrected chi connectivity index (χ0v) is 12.1. The highest BCUT2D eigenvalue weighted by Crippen LogP contribution is 2.18. The minimum Gasteiger partial charge on any atom is -0.294 e. The summed E-state index contributed by atoms with van der Waals surface area (Å²) in [6.07, 6.45) is 0.482. The van der Waals surface area contributed by atoms with Gasteiger partial charge in [-0.2, -0.15) is 0 Å². The molecular formula is C18H20O. The van der Waals surface area contributed by atoms with Crippen molar-refractivity contribution >= 4 is 5.78 Å². The maximum atomic E-state index is 12.5. The van der Waals surface area contributed by atoms with Crippen LogP contribution in [-0.4, -0.2) is 5.78 Å². The van der Waals surface area contributed by atoms with Crippen LogP contribution in [0.1, 0.15) is 38.2 Å². The highest BCUT2D eigenvalue weighted by molar-refractivity contribution is 5.99. The van der Waals surface area contributed by atoms with Gasteiger partial charge in [0.15, 0.2) is 5.78 Å². The summed E-state index contributed by atoms with van der Waals surface area (Å²) in [7, 11) is 0. The van der Waals surface area contributed by atoms with Crippen molar-refractivity contribution < 1.29 is 4.79 Å². The van der Waals surface area contributed by atoms with Crippen molar-refractivity contribution in [3.05, 3.63) is 69.8 Å². The van der Waals surface area contributed by atoms with Gasteiger partial charge in [0.2, 0.25) is 0 Å². The third-order valence-corrected chi connectivity index (χ3v) is 3.75. The molecule has 19 heavy (non-hydrogen) atoms. The standard InChI is InChI=1S/C18H20O/c1-12-7-5-6-8-16(12)11-18(19)17-10-14(3)13(2)9-15(17)4/h5-10H,11H2,1-4H3. The lowest BCUT2D eigenvalue weighted by Crippen LogP contribution is -2.07. The maximum Gasteiger partial charge on any atom is 0.167 e. The molecule has 2 aromatic carbocycles. The Morgan fingerprint density at radius 1 is 0.842 bits per heavy atom. The van der Waals surface area contributed by atoms with Crippen LogP contribution in [-0.2, 0) is 6.42 Å². The van der Waals surface area contributed by atoms with Crippen LogP contribution >= 0.6 is 0 Å². The number of hydrogen-bond acceptors (Lipinski definition) is 1. The van der Waals surface area contributed by atoms with Gasteiger partial charge in [-0.05, 0) is 61.6 Å². The zero-order chi connectivity index (χ0) is 14.0. The average Bonchev–Trinajstić information content (AvgIpc) is 2.36. The second kappa shape index (κ2) is 5.40. The van der Waals surface area contributed by atoms with E-state index in [4.69, 9.17) is 0 Å². The van der Waals surface area contributed by atoms with E-state index in [0.29, 0.717) is 6.42 Å². The smallest absolute Gasteiger partial charge is 0.167 e. The van der Waals surface area contributed by atoms with Gasteiger partial charge < -0.3 is 0 Å². The Kier molecular flexibility index (Phi) is 3.84. The predicted octanol–water partition coefficient (Wildman–Crippen LogP) is 4.35. The molecule has 0 spiro atoms. The van der Waals surface area contributed by atoms with Crippen molar-refractivity contribution in [2.24, 2.45) is 0 Å². The lowest BCUT2D eigenvalue weighted by Gasteiger charge is -2.10. The van der Waals surface area contributed by atoms with E-state index in [0.717, 1.165) is 16.7 Å². The molecule has 0 bridgehead atoms. The normalized spacial score (nSPS) is 10.5. The van der Waals surface area contributed by atoms with Gasteiger partial charge in [0.1, 0.15) is 0 Å². The summed E-state index contributed by atoms with van der Waals surface area (Å²) in [5, 5.41) is 0. The third kappa shape index (κ3) is 2.93. The van der Waals surface area contributed by atoms with Gasteiger partial charge >= 0.3 is 0 Å². The van der Waals surface area contributed by atoms with Crippen molar-refractivity contribution in [2.75, 3.05) is 0 Å². The number of aryl methyl sites for hydroxylation is 4. The summed E-state index contributed by atoms with van der Waals surface area (Å²) in [4.78, 5) is 12.5. The first kappa shape index (κ1) is 13.5. The van der Waals surface area contributed by atoms with Crippen LogP contribution in [0, 0.1) is 27.7 Å². The van der Waals surface area contributed by atoms with E-state index in [1.807, 2.05) is 31.2 Å². The largest absolute Gasteiger partial charge is 0.294 e. The molecule has 0 aliphatic carbocycles. The van der Waals surface area contributed by atoms with E-state index < -0.39 is 0 Å². The molecule has 0 radical (unpaired) electrons. The van der Waals surface area contributed by atoms with Crippen molar-refractivity contribution in [1.82, 2.24) is 0 Å². The first-order chi connectivity index (χ1) is 8.99. The minimum atomic E-state index is 0.204. The highest BCUT2D eigenvalue weighted by atomic mass is 16.1. The Morgan fingerprint density at radius 2 is 1.47 bits per heavy atom. The average molecular weight is 252 g/mol. The molecule has 2 aromatic rings. The van der Waals surface area contributed by atoms with E-state index in [1.54, 1.807) is 0 Å². The fourth-order valence-corrected chi connectivity index (χ4v) is 2.34. The molecule has 1 heteroatoms. The fourth-order valence-electron chi connectivity index (χ4n) is 2.34. The third-order valence-electron chi connectivity index (χ3n) is 3.75. The van der Waals surface area contributed by atoms with Crippen LogP contribution in [0.5, 0.6) is 0 Å². The molecule has 0 heterocycles. The van der Waals surface area contributed by atoms with Gasteiger partial charge in [0.25, 0.3) is 0 Å². The first-order valence-corrected chi connectivity index (χ1v) is 6.64.